The van der Waals surface area contributed by atoms with E-state index in [4.69, 9.17) is 11.6 Å². The van der Waals surface area contributed by atoms with Crippen molar-refractivity contribution in [1.29, 1.82) is 0 Å². The van der Waals surface area contributed by atoms with Gasteiger partial charge in [-0.05, 0) is 36.8 Å². The lowest BCUT2D eigenvalue weighted by Crippen LogP contribution is -2.43. The predicted molar refractivity (Wildman–Crippen MR) is 72.2 cm³/mol. The normalized spacial score (nSPS) is 32.5. The maximum Gasteiger partial charge on any atom is 0.127 e. The van der Waals surface area contributed by atoms with Gasteiger partial charge in [0.15, 0.2) is 0 Å². The van der Waals surface area contributed by atoms with Crippen molar-refractivity contribution in [3.8, 4) is 0 Å². The molecule has 1 N–H and O–H groups in total. The summed E-state index contributed by atoms with van der Waals surface area (Å²) >= 11 is 6.04. The Hall–Kier alpha value is -0.600. The van der Waals surface area contributed by atoms with E-state index in [1.54, 1.807) is 12.1 Å². The Labute approximate surface area is 113 Å². The highest BCUT2D eigenvalue weighted by atomic mass is 35.5. The Morgan fingerprint density at radius 3 is 2.78 bits per heavy atom. The first-order valence-electron chi connectivity index (χ1n) is 6.57. The molecule has 0 saturated heterocycles. The van der Waals surface area contributed by atoms with E-state index in [-0.39, 0.29) is 11.7 Å². The first-order valence-corrected chi connectivity index (χ1v) is 6.95. The molecule has 1 aromatic carbocycles. The summed E-state index contributed by atoms with van der Waals surface area (Å²) in [6.45, 7) is 4.18. The summed E-state index contributed by atoms with van der Waals surface area (Å²) < 4.78 is 13.8. The summed E-state index contributed by atoms with van der Waals surface area (Å²) in [6, 6.07) is 4.68. The summed E-state index contributed by atoms with van der Waals surface area (Å²) in [7, 11) is 0. The molecule has 0 radical (unpaired) electrons. The van der Waals surface area contributed by atoms with Gasteiger partial charge in [-0.1, -0.05) is 37.9 Å². The minimum Gasteiger partial charge on any atom is -0.389 e. The average molecular weight is 271 g/mol. The second-order valence-electron chi connectivity index (χ2n) is 5.77. The SMILES string of the molecule is CC1CCC(C)C(O)(Cc2c(F)cccc2Cl)C1. The van der Waals surface area contributed by atoms with Crippen LogP contribution < -0.4 is 0 Å². The van der Waals surface area contributed by atoms with Crippen molar-refractivity contribution in [3.63, 3.8) is 0 Å². The largest absolute Gasteiger partial charge is 0.389 e. The van der Waals surface area contributed by atoms with E-state index in [0.29, 0.717) is 22.9 Å². The van der Waals surface area contributed by atoms with Gasteiger partial charge in [0.25, 0.3) is 0 Å². The van der Waals surface area contributed by atoms with E-state index >= 15 is 0 Å². The number of rotatable bonds is 2. The van der Waals surface area contributed by atoms with E-state index in [0.717, 1.165) is 19.3 Å². The molecular formula is C15H20ClFO. The standard InChI is InChI=1S/C15H20ClFO/c1-10-6-7-11(2)15(18,8-10)9-12-13(16)4-3-5-14(12)17/h3-5,10-11,18H,6-9H2,1-2H3. The lowest BCUT2D eigenvalue weighted by molar-refractivity contribution is -0.0565. The van der Waals surface area contributed by atoms with Crippen molar-refractivity contribution in [2.24, 2.45) is 11.8 Å². The second-order valence-corrected chi connectivity index (χ2v) is 6.18. The summed E-state index contributed by atoms with van der Waals surface area (Å²) in [5.41, 5.74) is -0.383. The van der Waals surface area contributed by atoms with Crippen LogP contribution in [0.2, 0.25) is 5.02 Å². The van der Waals surface area contributed by atoms with Crippen LogP contribution in [0.5, 0.6) is 0 Å². The zero-order chi connectivity index (χ0) is 13.3. The fourth-order valence-electron chi connectivity index (χ4n) is 2.96. The molecule has 1 saturated carbocycles. The zero-order valence-corrected chi connectivity index (χ0v) is 11.7. The van der Waals surface area contributed by atoms with Crippen molar-refractivity contribution in [2.75, 3.05) is 0 Å². The maximum atomic E-state index is 13.8. The lowest BCUT2D eigenvalue weighted by atomic mass is 9.69. The van der Waals surface area contributed by atoms with Crippen molar-refractivity contribution < 1.29 is 9.50 Å². The van der Waals surface area contributed by atoms with Crippen molar-refractivity contribution in [1.82, 2.24) is 0 Å². The third-order valence-electron chi connectivity index (χ3n) is 4.26. The van der Waals surface area contributed by atoms with Gasteiger partial charge >= 0.3 is 0 Å². The quantitative estimate of drug-likeness (QED) is 0.854. The van der Waals surface area contributed by atoms with Crippen LogP contribution in [0, 0.1) is 17.7 Å². The lowest BCUT2D eigenvalue weighted by Gasteiger charge is -2.41. The van der Waals surface area contributed by atoms with Gasteiger partial charge in [0.1, 0.15) is 5.82 Å². The zero-order valence-electron chi connectivity index (χ0n) is 10.9. The number of benzene rings is 1. The van der Waals surface area contributed by atoms with Crippen molar-refractivity contribution in [3.05, 3.63) is 34.6 Å². The fraction of sp³-hybridized carbons (Fsp3) is 0.600. The van der Waals surface area contributed by atoms with Gasteiger partial charge in [-0.2, -0.15) is 0 Å². The molecule has 1 aliphatic carbocycles. The van der Waals surface area contributed by atoms with Crippen molar-refractivity contribution in [2.45, 2.75) is 45.1 Å². The minimum absolute atomic E-state index is 0.185. The maximum absolute atomic E-state index is 13.8. The molecule has 2 rings (SSSR count). The van der Waals surface area contributed by atoms with E-state index < -0.39 is 5.60 Å². The Kier molecular flexibility index (Phi) is 3.98. The monoisotopic (exact) mass is 270 g/mol. The molecule has 0 heterocycles. The van der Waals surface area contributed by atoms with Crippen LogP contribution in [0.25, 0.3) is 0 Å². The topological polar surface area (TPSA) is 20.2 Å². The highest BCUT2D eigenvalue weighted by molar-refractivity contribution is 6.31. The predicted octanol–water partition coefficient (Wildman–Crippen LogP) is 4.21. The highest BCUT2D eigenvalue weighted by Crippen LogP contribution is 2.40. The van der Waals surface area contributed by atoms with Crippen LogP contribution in [0.15, 0.2) is 18.2 Å². The molecule has 0 spiro atoms. The molecule has 1 nitrogen and oxygen atoms in total. The fourth-order valence-corrected chi connectivity index (χ4v) is 3.19. The molecular weight excluding hydrogens is 251 g/mol. The molecule has 3 atom stereocenters. The van der Waals surface area contributed by atoms with E-state index in [9.17, 15) is 9.50 Å². The third kappa shape index (κ3) is 2.70. The molecule has 3 unspecified atom stereocenters. The van der Waals surface area contributed by atoms with E-state index in [1.165, 1.54) is 6.07 Å². The Balaban J connectivity index is 2.26. The first-order chi connectivity index (χ1) is 8.42. The molecule has 0 amide bonds. The molecule has 0 aromatic heterocycles. The molecule has 0 bridgehead atoms. The van der Waals surface area contributed by atoms with E-state index in [1.807, 2.05) is 6.92 Å². The molecule has 100 valence electrons. The third-order valence-corrected chi connectivity index (χ3v) is 4.61. The Bertz CT molecular complexity index is 414. The van der Waals surface area contributed by atoms with Gasteiger partial charge in [0.05, 0.1) is 5.60 Å². The first kappa shape index (κ1) is 13.8. The summed E-state index contributed by atoms with van der Waals surface area (Å²) in [6.07, 6.45) is 3.15. The molecule has 1 aromatic rings. The smallest absolute Gasteiger partial charge is 0.127 e. The minimum atomic E-state index is -0.830. The number of hydrogen-bond donors (Lipinski definition) is 1. The van der Waals surface area contributed by atoms with Crippen LogP contribution in [0.4, 0.5) is 4.39 Å². The summed E-state index contributed by atoms with van der Waals surface area (Å²) in [5, 5.41) is 11.2. The average Bonchev–Trinajstić information content (AvgIpc) is 2.30. The van der Waals surface area contributed by atoms with Gasteiger partial charge in [0.2, 0.25) is 0 Å². The van der Waals surface area contributed by atoms with Gasteiger partial charge in [0, 0.05) is 17.0 Å². The molecule has 3 heteroatoms. The number of halogens is 2. The molecule has 1 aliphatic rings. The molecule has 0 aliphatic heterocycles. The number of aliphatic hydroxyl groups is 1. The summed E-state index contributed by atoms with van der Waals surface area (Å²) in [5.74, 6) is 0.350. The van der Waals surface area contributed by atoms with E-state index in [2.05, 4.69) is 6.92 Å². The van der Waals surface area contributed by atoms with Crippen LogP contribution in [0.3, 0.4) is 0 Å². The highest BCUT2D eigenvalue weighted by Gasteiger charge is 2.39. The van der Waals surface area contributed by atoms with Crippen molar-refractivity contribution >= 4 is 11.6 Å². The number of hydrogen-bond acceptors (Lipinski definition) is 1. The van der Waals surface area contributed by atoms with Gasteiger partial charge < -0.3 is 5.11 Å². The second kappa shape index (κ2) is 5.18. The van der Waals surface area contributed by atoms with Gasteiger partial charge in [-0.15, -0.1) is 0 Å². The van der Waals surface area contributed by atoms with Crippen LogP contribution >= 0.6 is 11.6 Å². The molecule has 18 heavy (non-hydrogen) atoms. The van der Waals surface area contributed by atoms with Gasteiger partial charge in [-0.25, -0.2) is 4.39 Å². The van der Waals surface area contributed by atoms with Crippen LogP contribution in [-0.4, -0.2) is 10.7 Å². The molecule has 1 fully saturated rings. The Morgan fingerprint density at radius 2 is 2.11 bits per heavy atom. The summed E-state index contributed by atoms with van der Waals surface area (Å²) in [4.78, 5) is 0. The van der Waals surface area contributed by atoms with Gasteiger partial charge in [-0.3, -0.25) is 0 Å². The Morgan fingerprint density at radius 1 is 1.39 bits per heavy atom. The van der Waals surface area contributed by atoms with Crippen LogP contribution in [-0.2, 0) is 6.42 Å². The van der Waals surface area contributed by atoms with Crippen LogP contribution in [0.1, 0.15) is 38.7 Å².